The van der Waals surface area contributed by atoms with Crippen LogP contribution < -0.4 is 0 Å². The first kappa shape index (κ1) is 8.88. The highest BCUT2D eigenvalue weighted by molar-refractivity contribution is 6.35. The first-order chi connectivity index (χ1) is 6.81. The summed E-state index contributed by atoms with van der Waals surface area (Å²) in [4.78, 5) is 17.6. The number of isocyanates is 1. The summed E-state index contributed by atoms with van der Waals surface area (Å²) in [5.74, 6) is 0.320. The van der Waals surface area contributed by atoms with Crippen LogP contribution in [0.25, 0.3) is 10.9 Å². The van der Waals surface area contributed by atoms with Crippen molar-refractivity contribution in [2.75, 3.05) is 0 Å². The lowest BCUT2D eigenvalue weighted by molar-refractivity contribution is 0.565. The van der Waals surface area contributed by atoms with Crippen LogP contribution in [0.2, 0.25) is 5.02 Å². The van der Waals surface area contributed by atoms with Crippen molar-refractivity contribution in [3.8, 4) is 0 Å². The number of nitrogens with zero attached hydrogens (tertiary/aromatic N) is 2. The molecule has 0 spiro atoms. The first-order valence-electron chi connectivity index (χ1n) is 3.94. The predicted molar refractivity (Wildman–Crippen MR) is 54.5 cm³/mol. The largest absolute Gasteiger partial charge is 0.242 e. The lowest BCUT2D eigenvalue weighted by Gasteiger charge is -1.98. The van der Waals surface area contributed by atoms with Crippen molar-refractivity contribution in [2.24, 2.45) is 4.99 Å². The minimum Gasteiger partial charge on any atom is -0.226 e. The predicted octanol–water partition coefficient (Wildman–Crippen LogP) is 2.86. The number of rotatable bonds is 1. The number of hydrogen-bond acceptors (Lipinski definition) is 3. The van der Waals surface area contributed by atoms with E-state index in [1.807, 2.05) is 18.2 Å². The minimum absolute atomic E-state index is 0.320. The molecule has 68 valence electrons. The number of hydrogen-bond donors (Lipinski definition) is 0. The SMILES string of the molecule is O=C=Nc1ccc2cccc(Cl)c2n1. The van der Waals surface area contributed by atoms with Gasteiger partial charge in [-0.2, -0.15) is 0 Å². The number of carbonyl (C=O) groups excluding carboxylic acids is 1. The van der Waals surface area contributed by atoms with Crippen molar-refractivity contribution in [1.82, 2.24) is 4.98 Å². The van der Waals surface area contributed by atoms with E-state index in [-0.39, 0.29) is 0 Å². The fraction of sp³-hybridized carbons (Fsp3) is 0. The lowest BCUT2D eigenvalue weighted by atomic mass is 10.2. The number of benzene rings is 1. The van der Waals surface area contributed by atoms with Gasteiger partial charge in [0.05, 0.1) is 10.5 Å². The molecule has 0 saturated carbocycles. The summed E-state index contributed by atoms with van der Waals surface area (Å²) in [6.07, 6.45) is 1.44. The minimum atomic E-state index is 0.320. The van der Waals surface area contributed by atoms with Crippen molar-refractivity contribution in [2.45, 2.75) is 0 Å². The van der Waals surface area contributed by atoms with Crippen LogP contribution >= 0.6 is 11.6 Å². The van der Waals surface area contributed by atoms with Crippen molar-refractivity contribution in [3.63, 3.8) is 0 Å². The smallest absolute Gasteiger partial charge is 0.226 e. The summed E-state index contributed by atoms with van der Waals surface area (Å²) in [5, 5.41) is 1.47. The fourth-order valence-corrected chi connectivity index (χ4v) is 1.43. The highest BCUT2D eigenvalue weighted by atomic mass is 35.5. The van der Waals surface area contributed by atoms with Gasteiger partial charge in [0.25, 0.3) is 0 Å². The molecule has 0 bridgehead atoms. The van der Waals surface area contributed by atoms with E-state index < -0.39 is 0 Å². The molecule has 4 heteroatoms. The molecule has 0 aliphatic carbocycles. The van der Waals surface area contributed by atoms with E-state index in [1.54, 1.807) is 12.1 Å². The molecule has 0 atom stereocenters. The Bertz CT molecular complexity index is 533. The van der Waals surface area contributed by atoms with Crippen LogP contribution in [0.1, 0.15) is 0 Å². The third-order valence-corrected chi connectivity index (χ3v) is 2.12. The lowest BCUT2D eigenvalue weighted by Crippen LogP contribution is -1.79. The average Bonchev–Trinajstić information content (AvgIpc) is 2.20. The highest BCUT2D eigenvalue weighted by Crippen LogP contribution is 2.23. The molecule has 3 nitrogen and oxygen atoms in total. The van der Waals surface area contributed by atoms with Crippen LogP contribution in [0, 0.1) is 0 Å². The Morgan fingerprint density at radius 3 is 2.93 bits per heavy atom. The third kappa shape index (κ3) is 1.51. The first-order valence-corrected chi connectivity index (χ1v) is 4.32. The second-order valence-corrected chi connectivity index (χ2v) is 3.09. The number of para-hydroxylation sites is 1. The van der Waals surface area contributed by atoms with E-state index in [0.717, 1.165) is 5.39 Å². The molecule has 2 aromatic rings. The molecule has 1 heterocycles. The topological polar surface area (TPSA) is 42.3 Å². The van der Waals surface area contributed by atoms with Crippen LogP contribution in [-0.2, 0) is 4.79 Å². The zero-order valence-corrected chi connectivity index (χ0v) is 7.82. The second-order valence-electron chi connectivity index (χ2n) is 2.68. The van der Waals surface area contributed by atoms with Crippen LogP contribution in [0.3, 0.4) is 0 Å². The summed E-state index contributed by atoms with van der Waals surface area (Å²) in [6, 6.07) is 8.93. The van der Waals surface area contributed by atoms with Gasteiger partial charge in [-0.05, 0) is 18.2 Å². The summed E-state index contributed by atoms with van der Waals surface area (Å²) in [6.45, 7) is 0. The van der Waals surface area contributed by atoms with E-state index in [0.29, 0.717) is 16.4 Å². The van der Waals surface area contributed by atoms with E-state index in [9.17, 15) is 4.79 Å². The maximum atomic E-state index is 10.0. The van der Waals surface area contributed by atoms with Gasteiger partial charge in [-0.3, -0.25) is 0 Å². The van der Waals surface area contributed by atoms with E-state index >= 15 is 0 Å². The van der Waals surface area contributed by atoms with Gasteiger partial charge >= 0.3 is 0 Å². The molecule has 0 amide bonds. The van der Waals surface area contributed by atoms with Crippen molar-refractivity contribution < 1.29 is 4.79 Å². The quantitative estimate of drug-likeness (QED) is 0.530. The van der Waals surface area contributed by atoms with Gasteiger partial charge in [-0.25, -0.2) is 9.78 Å². The number of pyridine rings is 1. The Labute approximate surface area is 85.1 Å². The van der Waals surface area contributed by atoms with Crippen LogP contribution in [-0.4, -0.2) is 11.1 Å². The van der Waals surface area contributed by atoms with Crippen molar-refractivity contribution >= 4 is 34.4 Å². The van der Waals surface area contributed by atoms with Crippen molar-refractivity contribution in [3.05, 3.63) is 35.4 Å². The van der Waals surface area contributed by atoms with E-state index in [1.165, 1.54) is 6.08 Å². The molecule has 0 aliphatic heterocycles. The molecule has 0 N–H and O–H groups in total. The molecular weight excluding hydrogens is 200 g/mol. The summed E-state index contributed by atoms with van der Waals surface area (Å²) in [5.41, 5.74) is 0.644. The van der Waals surface area contributed by atoms with Crippen LogP contribution in [0.4, 0.5) is 5.82 Å². The summed E-state index contributed by atoms with van der Waals surface area (Å²) in [7, 11) is 0. The Morgan fingerprint density at radius 2 is 2.14 bits per heavy atom. The van der Waals surface area contributed by atoms with Gasteiger partial charge in [0.1, 0.15) is 0 Å². The number of halogens is 1. The van der Waals surface area contributed by atoms with Gasteiger partial charge in [0.2, 0.25) is 6.08 Å². The molecule has 0 unspecified atom stereocenters. The maximum Gasteiger partial charge on any atom is 0.242 e. The maximum absolute atomic E-state index is 10.0. The average molecular weight is 205 g/mol. The Morgan fingerprint density at radius 1 is 1.29 bits per heavy atom. The highest BCUT2D eigenvalue weighted by Gasteiger charge is 2.00. The molecule has 1 aromatic heterocycles. The van der Waals surface area contributed by atoms with Gasteiger partial charge in [-0.1, -0.05) is 23.7 Å². The standard InChI is InChI=1S/C10H5ClN2O/c11-8-3-1-2-7-4-5-9(12-6-14)13-10(7)8/h1-5H. The molecule has 2 rings (SSSR count). The molecule has 0 radical (unpaired) electrons. The van der Waals surface area contributed by atoms with E-state index in [4.69, 9.17) is 11.6 Å². The zero-order valence-electron chi connectivity index (χ0n) is 7.07. The number of aromatic nitrogens is 1. The number of aliphatic imine (C=N–C) groups is 1. The fourth-order valence-electron chi connectivity index (χ4n) is 1.21. The monoisotopic (exact) mass is 204 g/mol. The Balaban J connectivity index is 2.75. The summed E-state index contributed by atoms with van der Waals surface area (Å²) >= 11 is 5.93. The molecule has 0 aliphatic rings. The zero-order chi connectivity index (χ0) is 9.97. The van der Waals surface area contributed by atoms with Gasteiger partial charge in [-0.15, -0.1) is 4.99 Å². The summed E-state index contributed by atoms with van der Waals surface area (Å²) < 4.78 is 0. The normalized spacial score (nSPS) is 9.79. The number of fused-ring (bicyclic) bond motifs is 1. The molecule has 0 fully saturated rings. The van der Waals surface area contributed by atoms with Gasteiger partial charge in [0, 0.05) is 5.39 Å². The molecule has 1 aromatic carbocycles. The Kier molecular flexibility index (Phi) is 2.27. The molecular formula is C10H5ClN2O. The van der Waals surface area contributed by atoms with E-state index in [2.05, 4.69) is 9.98 Å². The molecule has 0 saturated heterocycles. The second kappa shape index (κ2) is 3.58. The van der Waals surface area contributed by atoms with Crippen LogP contribution in [0.5, 0.6) is 0 Å². The van der Waals surface area contributed by atoms with Gasteiger partial charge in [0.15, 0.2) is 5.82 Å². The third-order valence-electron chi connectivity index (χ3n) is 1.82. The van der Waals surface area contributed by atoms with Crippen LogP contribution in [0.15, 0.2) is 35.3 Å². The molecule has 14 heavy (non-hydrogen) atoms. The Hall–Kier alpha value is -1.70. The van der Waals surface area contributed by atoms with Gasteiger partial charge < -0.3 is 0 Å². The van der Waals surface area contributed by atoms with Crippen molar-refractivity contribution in [1.29, 1.82) is 0 Å².